The molecule has 0 saturated carbocycles. The number of nitrogens with one attached hydrogen (secondary N) is 2. The van der Waals surface area contributed by atoms with E-state index in [9.17, 15) is 0 Å². The van der Waals surface area contributed by atoms with Crippen LogP contribution in [0.2, 0.25) is 0 Å². The highest BCUT2D eigenvalue weighted by molar-refractivity contribution is 5.42. The highest BCUT2D eigenvalue weighted by atomic mass is 15.3. The van der Waals surface area contributed by atoms with E-state index in [0.717, 1.165) is 28.2 Å². The summed E-state index contributed by atoms with van der Waals surface area (Å²) in [5, 5.41) is 14.9. The van der Waals surface area contributed by atoms with Gasteiger partial charge in [0, 0.05) is 47.4 Å². The number of nitrogens with zero attached hydrogens (tertiary/aromatic N) is 4. The van der Waals surface area contributed by atoms with E-state index in [0.29, 0.717) is 0 Å². The Morgan fingerprint density at radius 2 is 2.00 bits per heavy atom. The van der Waals surface area contributed by atoms with Gasteiger partial charge in [-0.2, -0.15) is 10.2 Å². The Kier molecular flexibility index (Phi) is 3.47. The van der Waals surface area contributed by atoms with Crippen LogP contribution < -0.4 is 5.32 Å². The predicted molar refractivity (Wildman–Crippen MR) is 81.0 cm³/mol. The van der Waals surface area contributed by atoms with Gasteiger partial charge in [0.15, 0.2) is 5.65 Å². The molecule has 3 rings (SSSR count). The zero-order valence-electron chi connectivity index (χ0n) is 12.8. The number of aryl methyl sites for hydroxylation is 2. The minimum absolute atomic E-state index is 0.177. The molecule has 0 aliphatic rings. The Bertz CT molecular complexity index is 743. The zero-order valence-corrected chi connectivity index (χ0v) is 12.8. The fourth-order valence-electron chi connectivity index (χ4n) is 2.66. The van der Waals surface area contributed by atoms with Crippen LogP contribution in [0.1, 0.15) is 48.4 Å². The molecule has 21 heavy (non-hydrogen) atoms. The number of hydrogen-bond acceptors (Lipinski definition) is 4. The highest BCUT2D eigenvalue weighted by Crippen LogP contribution is 2.21. The highest BCUT2D eigenvalue weighted by Gasteiger charge is 2.16. The summed E-state index contributed by atoms with van der Waals surface area (Å²) >= 11 is 0. The number of aromatic amines is 1. The molecule has 0 amide bonds. The second-order valence-electron chi connectivity index (χ2n) is 5.50. The quantitative estimate of drug-likeness (QED) is 0.772. The van der Waals surface area contributed by atoms with Crippen LogP contribution in [0.4, 0.5) is 0 Å². The van der Waals surface area contributed by atoms with Crippen LogP contribution in [-0.4, -0.2) is 24.8 Å². The van der Waals surface area contributed by atoms with Gasteiger partial charge >= 0.3 is 0 Å². The molecule has 0 aliphatic carbocycles. The first-order valence-electron chi connectivity index (χ1n) is 7.13. The van der Waals surface area contributed by atoms with E-state index in [1.54, 1.807) is 0 Å². The van der Waals surface area contributed by atoms with E-state index in [1.165, 1.54) is 0 Å². The SMILES string of the molecule is Cc1cc2ncc(C(C)NC(C)c3cn[nH]c3)c(C)n2n1. The first kappa shape index (κ1) is 13.8. The fourth-order valence-corrected chi connectivity index (χ4v) is 2.66. The molecular weight excluding hydrogens is 264 g/mol. The van der Waals surface area contributed by atoms with E-state index in [1.807, 2.05) is 36.1 Å². The molecule has 6 heteroatoms. The van der Waals surface area contributed by atoms with Crippen molar-refractivity contribution in [3.63, 3.8) is 0 Å². The molecule has 2 N–H and O–H groups in total. The molecule has 2 atom stereocenters. The number of rotatable bonds is 4. The molecule has 6 nitrogen and oxygen atoms in total. The first-order chi connectivity index (χ1) is 10.1. The van der Waals surface area contributed by atoms with Crippen molar-refractivity contribution in [2.24, 2.45) is 0 Å². The van der Waals surface area contributed by atoms with Crippen molar-refractivity contribution in [3.8, 4) is 0 Å². The van der Waals surface area contributed by atoms with Crippen LogP contribution in [0, 0.1) is 13.8 Å². The Morgan fingerprint density at radius 3 is 2.71 bits per heavy atom. The van der Waals surface area contributed by atoms with Crippen molar-refractivity contribution in [2.45, 2.75) is 39.8 Å². The monoisotopic (exact) mass is 284 g/mol. The molecule has 0 spiro atoms. The van der Waals surface area contributed by atoms with Gasteiger partial charge in [-0.1, -0.05) is 0 Å². The number of H-pyrrole nitrogens is 1. The largest absolute Gasteiger partial charge is 0.303 e. The molecule has 0 radical (unpaired) electrons. The lowest BCUT2D eigenvalue weighted by Gasteiger charge is -2.21. The van der Waals surface area contributed by atoms with E-state index >= 15 is 0 Å². The minimum atomic E-state index is 0.177. The molecule has 0 bridgehead atoms. The normalized spacial score (nSPS) is 14.5. The minimum Gasteiger partial charge on any atom is -0.303 e. The summed E-state index contributed by atoms with van der Waals surface area (Å²) in [6, 6.07) is 2.38. The molecule has 0 saturated heterocycles. The first-order valence-corrected chi connectivity index (χ1v) is 7.13. The Morgan fingerprint density at radius 1 is 1.19 bits per heavy atom. The molecule has 110 valence electrons. The summed E-state index contributed by atoms with van der Waals surface area (Å²) < 4.78 is 1.91. The lowest BCUT2D eigenvalue weighted by atomic mass is 10.1. The van der Waals surface area contributed by atoms with Crippen LogP contribution in [-0.2, 0) is 0 Å². The topological polar surface area (TPSA) is 70.9 Å². The number of fused-ring (bicyclic) bond motifs is 1. The maximum atomic E-state index is 4.50. The second kappa shape index (κ2) is 5.29. The summed E-state index contributed by atoms with van der Waals surface area (Å²) in [6.45, 7) is 8.33. The molecule has 0 aliphatic heterocycles. The van der Waals surface area contributed by atoms with E-state index < -0.39 is 0 Å². The molecule has 3 aromatic rings. The smallest absolute Gasteiger partial charge is 0.155 e. The zero-order chi connectivity index (χ0) is 15.0. The Labute approximate surface area is 123 Å². The summed E-state index contributed by atoms with van der Waals surface area (Å²) in [5.41, 5.74) is 5.29. The van der Waals surface area contributed by atoms with Crippen LogP contribution in [0.15, 0.2) is 24.7 Å². The number of hydrogen-bond donors (Lipinski definition) is 2. The summed E-state index contributed by atoms with van der Waals surface area (Å²) in [6.07, 6.45) is 5.69. The van der Waals surface area contributed by atoms with Crippen LogP contribution in [0.25, 0.3) is 5.65 Å². The average Bonchev–Trinajstić information content (AvgIpc) is 3.07. The van der Waals surface area contributed by atoms with Crippen molar-refractivity contribution in [2.75, 3.05) is 0 Å². The van der Waals surface area contributed by atoms with Crippen molar-refractivity contribution in [1.82, 2.24) is 30.1 Å². The standard InChI is InChI=1S/C15H20N6/c1-9-5-15-16-8-14(12(4)21(15)20-9)11(3)19-10(2)13-6-17-18-7-13/h5-8,10-11,19H,1-4H3,(H,17,18). The molecule has 3 aromatic heterocycles. The van der Waals surface area contributed by atoms with E-state index in [-0.39, 0.29) is 12.1 Å². The lowest BCUT2D eigenvalue weighted by molar-refractivity contribution is 0.489. The van der Waals surface area contributed by atoms with Gasteiger partial charge in [-0.15, -0.1) is 0 Å². The molecular formula is C15H20N6. The second-order valence-corrected chi connectivity index (χ2v) is 5.50. The van der Waals surface area contributed by atoms with Crippen LogP contribution >= 0.6 is 0 Å². The summed E-state index contributed by atoms with van der Waals surface area (Å²) in [7, 11) is 0. The van der Waals surface area contributed by atoms with Crippen molar-refractivity contribution >= 4 is 5.65 Å². The van der Waals surface area contributed by atoms with E-state index in [4.69, 9.17) is 0 Å². The third-order valence-corrected chi connectivity index (χ3v) is 3.87. The summed E-state index contributed by atoms with van der Waals surface area (Å²) in [5.74, 6) is 0. The van der Waals surface area contributed by atoms with Gasteiger partial charge < -0.3 is 5.32 Å². The third kappa shape index (κ3) is 2.54. The van der Waals surface area contributed by atoms with Crippen LogP contribution in [0.5, 0.6) is 0 Å². The molecule has 0 aromatic carbocycles. The van der Waals surface area contributed by atoms with Crippen LogP contribution in [0.3, 0.4) is 0 Å². The maximum Gasteiger partial charge on any atom is 0.155 e. The van der Waals surface area contributed by atoms with Gasteiger partial charge in [-0.25, -0.2) is 9.50 Å². The molecule has 2 unspecified atom stereocenters. The van der Waals surface area contributed by atoms with Crippen molar-refractivity contribution in [3.05, 3.63) is 47.2 Å². The van der Waals surface area contributed by atoms with Crippen molar-refractivity contribution in [1.29, 1.82) is 0 Å². The van der Waals surface area contributed by atoms with Gasteiger partial charge in [0.25, 0.3) is 0 Å². The van der Waals surface area contributed by atoms with E-state index in [2.05, 4.69) is 46.4 Å². The third-order valence-electron chi connectivity index (χ3n) is 3.87. The maximum absolute atomic E-state index is 4.50. The molecule has 3 heterocycles. The molecule has 0 fully saturated rings. The fraction of sp³-hybridized carbons (Fsp3) is 0.400. The Balaban J connectivity index is 1.87. The predicted octanol–water partition coefficient (Wildman–Crippen LogP) is 2.48. The van der Waals surface area contributed by atoms with Gasteiger partial charge in [0.05, 0.1) is 11.9 Å². The number of aromatic nitrogens is 5. The van der Waals surface area contributed by atoms with Gasteiger partial charge in [0.1, 0.15) is 0 Å². The van der Waals surface area contributed by atoms with Gasteiger partial charge in [-0.3, -0.25) is 5.10 Å². The van der Waals surface area contributed by atoms with Gasteiger partial charge in [0.2, 0.25) is 0 Å². The lowest BCUT2D eigenvalue weighted by Crippen LogP contribution is -2.23. The Hall–Kier alpha value is -2.21. The van der Waals surface area contributed by atoms with Crippen molar-refractivity contribution < 1.29 is 0 Å². The van der Waals surface area contributed by atoms with Gasteiger partial charge in [-0.05, 0) is 27.7 Å². The summed E-state index contributed by atoms with van der Waals surface area (Å²) in [4.78, 5) is 4.50. The average molecular weight is 284 g/mol.